The quantitative estimate of drug-likeness (QED) is 0.579. The van der Waals surface area contributed by atoms with Crippen LogP contribution in [0.5, 0.6) is 0 Å². The second-order valence-electron chi connectivity index (χ2n) is 2.78. The summed E-state index contributed by atoms with van der Waals surface area (Å²) in [6.07, 6.45) is 8.61. The Morgan fingerprint density at radius 1 is 1.40 bits per heavy atom. The number of allylic oxidation sites excluding steroid dienone is 4. The molecule has 0 N–H and O–H groups in total. The highest BCUT2D eigenvalue weighted by atomic mass is 16.5. The molecule has 0 fully saturated rings. The molecule has 56 valence electrons. The molecule has 0 spiro atoms. The lowest BCUT2D eigenvalue weighted by Crippen LogP contribution is -2.11. The lowest BCUT2D eigenvalue weighted by molar-refractivity contribution is 0.149. The number of hydrogen-bond acceptors (Lipinski definition) is 1. The van der Waals surface area contributed by atoms with E-state index in [0.717, 1.165) is 6.61 Å². The maximum absolute atomic E-state index is 5.05. The van der Waals surface area contributed by atoms with Crippen molar-refractivity contribution < 1.29 is 4.74 Å². The van der Waals surface area contributed by atoms with Crippen molar-refractivity contribution in [2.24, 2.45) is 11.8 Å². The predicted octanol–water partition coefficient (Wildman–Crippen LogP) is 2.01. The van der Waals surface area contributed by atoms with Gasteiger partial charge in [0.05, 0.1) is 0 Å². The standard InChI is InChI=1S/C9H14O/c1-8(7-10-2)9-5-3-4-6-9/h3-6,8-9H,7H2,1-2H3. The molecule has 0 saturated carbocycles. The van der Waals surface area contributed by atoms with Gasteiger partial charge in [-0.05, 0) is 5.92 Å². The third-order valence-corrected chi connectivity index (χ3v) is 1.86. The lowest BCUT2D eigenvalue weighted by atomic mass is 9.97. The largest absolute Gasteiger partial charge is 0.384 e. The normalized spacial score (nSPS) is 20.2. The van der Waals surface area contributed by atoms with E-state index < -0.39 is 0 Å². The molecule has 0 bridgehead atoms. The van der Waals surface area contributed by atoms with E-state index in [4.69, 9.17) is 4.74 Å². The molecule has 0 radical (unpaired) electrons. The van der Waals surface area contributed by atoms with Crippen LogP contribution >= 0.6 is 0 Å². The Labute approximate surface area is 62.4 Å². The lowest BCUT2D eigenvalue weighted by Gasteiger charge is -2.13. The Morgan fingerprint density at radius 2 is 2.00 bits per heavy atom. The molecular formula is C9H14O. The first-order chi connectivity index (χ1) is 4.84. The molecule has 0 heterocycles. The maximum Gasteiger partial charge on any atom is 0.0496 e. The van der Waals surface area contributed by atoms with Crippen LogP contribution in [0.2, 0.25) is 0 Å². The van der Waals surface area contributed by atoms with Gasteiger partial charge in [-0.3, -0.25) is 0 Å². The van der Waals surface area contributed by atoms with Crippen molar-refractivity contribution in [3.05, 3.63) is 24.3 Å². The van der Waals surface area contributed by atoms with E-state index in [9.17, 15) is 0 Å². The summed E-state index contributed by atoms with van der Waals surface area (Å²) in [6, 6.07) is 0. The van der Waals surface area contributed by atoms with E-state index >= 15 is 0 Å². The molecule has 1 nitrogen and oxygen atoms in total. The highest BCUT2D eigenvalue weighted by Crippen LogP contribution is 2.18. The zero-order chi connectivity index (χ0) is 7.40. The van der Waals surface area contributed by atoms with Crippen LogP contribution in [-0.4, -0.2) is 13.7 Å². The van der Waals surface area contributed by atoms with Crippen LogP contribution in [0.15, 0.2) is 24.3 Å². The van der Waals surface area contributed by atoms with Crippen molar-refractivity contribution in [1.29, 1.82) is 0 Å². The molecule has 1 rings (SSSR count). The monoisotopic (exact) mass is 138 g/mol. The van der Waals surface area contributed by atoms with Crippen LogP contribution in [-0.2, 0) is 4.74 Å². The minimum absolute atomic E-state index is 0.597. The average Bonchev–Trinajstić information content (AvgIpc) is 2.38. The molecule has 0 aromatic rings. The van der Waals surface area contributed by atoms with Crippen molar-refractivity contribution in [1.82, 2.24) is 0 Å². The third-order valence-electron chi connectivity index (χ3n) is 1.86. The summed E-state index contributed by atoms with van der Waals surface area (Å²) in [7, 11) is 1.75. The van der Waals surface area contributed by atoms with Crippen molar-refractivity contribution in [3.63, 3.8) is 0 Å². The number of hydrogen-bond donors (Lipinski definition) is 0. The number of ether oxygens (including phenoxy) is 1. The zero-order valence-corrected chi connectivity index (χ0v) is 6.58. The molecule has 0 aliphatic heterocycles. The van der Waals surface area contributed by atoms with Gasteiger partial charge in [0.15, 0.2) is 0 Å². The smallest absolute Gasteiger partial charge is 0.0496 e. The van der Waals surface area contributed by atoms with Gasteiger partial charge in [-0.2, -0.15) is 0 Å². The van der Waals surface area contributed by atoms with Gasteiger partial charge in [0.2, 0.25) is 0 Å². The van der Waals surface area contributed by atoms with Crippen molar-refractivity contribution in [2.45, 2.75) is 6.92 Å². The topological polar surface area (TPSA) is 9.23 Å². The minimum atomic E-state index is 0.597. The SMILES string of the molecule is COCC(C)C1C=CC=C1. The summed E-state index contributed by atoms with van der Waals surface area (Å²) in [5.41, 5.74) is 0. The second kappa shape index (κ2) is 3.57. The summed E-state index contributed by atoms with van der Waals surface area (Å²) in [4.78, 5) is 0. The van der Waals surface area contributed by atoms with Gasteiger partial charge in [-0.25, -0.2) is 0 Å². The fraction of sp³-hybridized carbons (Fsp3) is 0.556. The summed E-state index contributed by atoms with van der Waals surface area (Å²) in [6.45, 7) is 3.05. The molecule has 0 amide bonds. The van der Waals surface area contributed by atoms with Crippen LogP contribution in [0, 0.1) is 11.8 Å². The van der Waals surface area contributed by atoms with E-state index in [1.807, 2.05) is 0 Å². The van der Waals surface area contributed by atoms with E-state index in [1.165, 1.54) is 0 Å². The van der Waals surface area contributed by atoms with Gasteiger partial charge in [0, 0.05) is 19.6 Å². The molecule has 0 saturated heterocycles. The average molecular weight is 138 g/mol. The minimum Gasteiger partial charge on any atom is -0.384 e. The fourth-order valence-corrected chi connectivity index (χ4v) is 1.20. The summed E-state index contributed by atoms with van der Waals surface area (Å²) in [5, 5.41) is 0. The Balaban J connectivity index is 2.33. The van der Waals surface area contributed by atoms with Crippen molar-refractivity contribution in [2.75, 3.05) is 13.7 Å². The van der Waals surface area contributed by atoms with Gasteiger partial charge in [0.25, 0.3) is 0 Å². The highest BCUT2D eigenvalue weighted by molar-refractivity contribution is 5.18. The van der Waals surface area contributed by atoms with Crippen LogP contribution in [0.4, 0.5) is 0 Å². The third kappa shape index (κ3) is 1.71. The highest BCUT2D eigenvalue weighted by Gasteiger charge is 2.12. The zero-order valence-electron chi connectivity index (χ0n) is 6.58. The Bertz CT molecular complexity index is 135. The maximum atomic E-state index is 5.05. The van der Waals surface area contributed by atoms with Crippen LogP contribution in [0.3, 0.4) is 0 Å². The van der Waals surface area contributed by atoms with Gasteiger partial charge >= 0.3 is 0 Å². The molecule has 0 aromatic heterocycles. The molecule has 1 aliphatic carbocycles. The fourth-order valence-electron chi connectivity index (χ4n) is 1.20. The van der Waals surface area contributed by atoms with Gasteiger partial charge < -0.3 is 4.74 Å². The van der Waals surface area contributed by atoms with Crippen molar-refractivity contribution in [3.8, 4) is 0 Å². The Morgan fingerprint density at radius 3 is 2.50 bits per heavy atom. The molecule has 1 unspecified atom stereocenters. The van der Waals surface area contributed by atoms with Crippen LogP contribution in [0.25, 0.3) is 0 Å². The molecule has 0 aromatic carbocycles. The van der Waals surface area contributed by atoms with Crippen molar-refractivity contribution >= 4 is 0 Å². The van der Waals surface area contributed by atoms with Gasteiger partial charge in [0.1, 0.15) is 0 Å². The number of methoxy groups -OCH3 is 1. The molecule has 1 heteroatoms. The van der Waals surface area contributed by atoms with Crippen LogP contribution in [0.1, 0.15) is 6.92 Å². The Hall–Kier alpha value is -0.560. The van der Waals surface area contributed by atoms with Gasteiger partial charge in [-0.1, -0.05) is 31.2 Å². The van der Waals surface area contributed by atoms with E-state index in [0.29, 0.717) is 11.8 Å². The first-order valence-corrected chi connectivity index (χ1v) is 3.68. The number of rotatable bonds is 3. The van der Waals surface area contributed by atoms with E-state index in [2.05, 4.69) is 31.2 Å². The summed E-state index contributed by atoms with van der Waals surface area (Å²) < 4.78 is 5.05. The molecule has 1 aliphatic rings. The Kier molecular flexibility index (Phi) is 2.69. The first-order valence-electron chi connectivity index (χ1n) is 3.68. The molecular weight excluding hydrogens is 124 g/mol. The second-order valence-corrected chi connectivity index (χ2v) is 2.78. The predicted molar refractivity (Wildman–Crippen MR) is 42.8 cm³/mol. The summed E-state index contributed by atoms with van der Waals surface area (Å²) in [5.74, 6) is 1.21. The molecule has 1 atom stereocenters. The van der Waals surface area contributed by atoms with E-state index in [-0.39, 0.29) is 0 Å². The van der Waals surface area contributed by atoms with E-state index in [1.54, 1.807) is 7.11 Å². The first kappa shape index (κ1) is 7.55. The van der Waals surface area contributed by atoms with Gasteiger partial charge in [-0.15, -0.1) is 0 Å². The van der Waals surface area contributed by atoms with Crippen LogP contribution < -0.4 is 0 Å². The summed E-state index contributed by atoms with van der Waals surface area (Å²) >= 11 is 0. The molecule has 10 heavy (non-hydrogen) atoms.